The van der Waals surface area contributed by atoms with Crippen LogP contribution in [0.4, 0.5) is 10.1 Å². The Balaban J connectivity index is 2.13. The topological polar surface area (TPSA) is 35.8 Å². The predicted molar refractivity (Wildman–Crippen MR) is 77.6 cm³/mol. The van der Waals surface area contributed by atoms with Crippen molar-refractivity contribution in [1.29, 1.82) is 5.26 Å². The van der Waals surface area contributed by atoms with E-state index in [4.69, 9.17) is 5.26 Å². The Kier molecular flexibility index (Phi) is 4.15. The van der Waals surface area contributed by atoms with Crippen LogP contribution < -0.4 is 5.32 Å². The van der Waals surface area contributed by atoms with Gasteiger partial charge in [0.1, 0.15) is 5.82 Å². The summed E-state index contributed by atoms with van der Waals surface area (Å²) in [5.41, 5.74) is 1.90. The highest BCUT2D eigenvalue weighted by molar-refractivity contribution is 14.1. The third-order valence-electron chi connectivity index (χ3n) is 2.48. The van der Waals surface area contributed by atoms with Crippen molar-refractivity contribution in [2.24, 2.45) is 0 Å². The quantitative estimate of drug-likeness (QED) is 0.851. The fraction of sp³-hybridized carbons (Fsp3) is 0.0714. The van der Waals surface area contributed by atoms with E-state index in [2.05, 4.69) is 27.9 Å². The molecule has 0 unspecified atom stereocenters. The van der Waals surface area contributed by atoms with Gasteiger partial charge in [-0.3, -0.25) is 0 Å². The second-order valence-electron chi connectivity index (χ2n) is 3.78. The lowest BCUT2D eigenvalue weighted by Gasteiger charge is -2.08. The molecular weight excluding hydrogens is 342 g/mol. The molecular formula is C14H10FIN2. The summed E-state index contributed by atoms with van der Waals surface area (Å²) in [6, 6.07) is 14.2. The van der Waals surface area contributed by atoms with E-state index in [0.717, 1.165) is 9.26 Å². The maximum atomic E-state index is 13.5. The molecule has 0 aromatic heterocycles. The van der Waals surface area contributed by atoms with Crippen LogP contribution in [-0.4, -0.2) is 0 Å². The average Bonchev–Trinajstić information content (AvgIpc) is 2.38. The molecule has 0 aliphatic carbocycles. The Morgan fingerprint density at radius 1 is 1.22 bits per heavy atom. The molecule has 90 valence electrons. The van der Waals surface area contributed by atoms with Crippen molar-refractivity contribution in [3.8, 4) is 6.07 Å². The molecule has 0 aliphatic rings. The summed E-state index contributed by atoms with van der Waals surface area (Å²) in [5, 5.41) is 11.9. The lowest BCUT2D eigenvalue weighted by molar-refractivity contribution is 0.612. The van der Waals surface area contributed by atoms with Crippen LogP contribution in [0.5, 0.6) is 0 Å². The third kappa shape index (κ3) is 3.20. The highest BCUT2D eigenvalue weighted by Gasteiger charge is 2.03. The van der Waals surface area contributed by atoms with Gasteiger partial charge in [0.25, 0.3) is 0 Å². The first-order valence-electron chi connectivity index (χ1n) is 5.37. The van der Waals surface area contributed by atoms with Gasteiger partial charge in [-0.15, -0.1) is 0 Å². The second-order valence-corrected chi connectivity index (χ2v) is 5.03. The van der Waals surface area contributed by atoms with Gasteiger partial charge in [0.05, 0.1) is 11.6 Å². The molecule has 0 atom stereocenters. The monoisotopic (exact) mass is 352 g/mol. The Morgan fingerprint density at radius 2 is 2.06 bits per heavy atom. The normalized spacial score (nSPS) is 9.83. The fourth-order valence-electron chi connectivity index (χ4n) is 1.58. The molecule has 0 bridgehead atoms. The van der Waals surface area contributed by atoms with Gasteiger partial charge < -0.3 is 5.32 Å². The molecule has 0 radical (unpaired) electrons. The standard InChI is InChI=1S/C14H10FIN2/c15-14-5-4-10(8-17)6-11(14)9-18-13-3-1-2-12(16)7-13/h1-7,18H,9H2. The molecule has 0 aliphatic heterocycles. The van der Waals surface area contributed by atoms with Crippen LogP contribution in [0.25, 0.3) is 0 Å². The number of benzene rings is 2. The molecule has 1 N–H and O–H groups in total. The maximum absolute atomic E-state index is 13.5. The van der Waals surface area contributed by atoms with Crippen molar-refractivity contribution in [2.75, 3.05) is 5.32 Å². The van der Waals surface area contributed by atoms with E-state index < -0.39 is 0 Å². The Hall–Kier alpha value is -1.61. The Morgan fingerprint density at radius 3 is 2.78 bits per heavy atom. The highest BCUT2D eigenvalue weighted by Crippen LogP contribution is 2.15. The lowest BCUT2D eigenvalue weighted by atomic mass is 10.1. The minimum atomic E-state index is -0.299. The minimum absolute atomic E-state index is 0.299. The molecule has 2 aromatic rings. The van der Waals surface area contributed by atoms with E-state index in [9.17, 15) is 4.39 Å². The zero-order valence-corrected chi connectivity index (χ0v) is 11.6. The summed E-state index contributed by atoms with van der Waals surface area (Å²) >= 11 is 2.22. The van der Waals surface area contributed by atoms with Crippen LogP contribution in [0, 0.1) is 20.7 Å². The molecule has 4 heteroatoms. The van der Waals surface area contributed by atoms with Crippen LogP contribution in [0.1, 0.15) is 11.1 Å². The molecule has 2 nitrogen and oxygen atoms in total. The molecule has 0 saturated carbocycles. The average molecular weight is 352 g/mol. The highest BCUT2D eigenvalue weighted by atomic mass is 127. The van der Waals surface area contributed by atoms with E-state index >= 15 is 0 Å². The SMILES string of the molecule is N#Cc1ccc(F)c(CNc2cccc(I)c2)c1. The number of rotatable bonds is 3. The van der Waals surface area contributed by atoms with E-state index in [0.29, 0.717) is 17.7 Å². The zero-order valence-electron chi connectivity index (χ0n) is 9.45. The summed E-state index contributed by atoms with van der Waals surface area (Å²) in [5.74, 6) is -0.299. The lowest BCUT2D eigenvalue weighted by Crippen LogP contribution is -2.02. The molecule has 0 amide bonds. The maximum Gasteiger partial charge on any atom is 0.128 e. The van der Waals surface area contributed by atoms with Crippen molar-refractivity contribution in [1.82, 2.24) is 0 Å². The number of nitrogens with one attached hydrogen (secondary N) is 1. The smallest absolute Gasteiger partial charge is 0.128 e. The summed E-state index contributed by atoms with van der Waals surface area (Å²) in [6.07, 6.45) is 0. The van der Waals surface area contributed by atoms with Gasteiger partial charge in [-0.2, -0.15) is 5.26 Å². The van der Waals surface area contributed by atoms with Crippen molar-refractivity contribution < 1.29 is 4.39 Å². The predicted octanol–water partition coefficient (Wildman–Crippen LogP) is 3.91. The first-order chi connectivity index (χ1) is 8.69. The van der Waals surface area contributed by atoms with Gasteiger partial charge in [-0.1, -0.05) is 6.07 Å². The van der Waals surface area contributed by atoms with E-state index in [1.54, 1.807) is 6.07 Å². The molecule has 0 fully saturated rings. The second kappa shape index (κ2) is 5.83. The van der Waals surface area contributed by atoms with Crippen LogP contribution in [0.3, 0.4) is 0 Å². The fourth-order valence-corrected chi connectivity index (χ4v) is 2.12. The summed E-state index contributed by atoms with van der Waals surface area (Å²) in [4.78, 5) is 0. The van der Waals surface area contributed by atoms with Gasteiger partial charge in [0, 0.05) is 21.4 Å². The van der Waals surface area contributed by atoms with Gasteiger partial charge in [0.2, 0.25) is 0 Å². The van der Waals surface area contributed by atoms with Crippen molar-refractivity contribution in [3.63, 3.8) is 0 Å². The van der Waals surface area contributed by atoms with Gasteiger partial charge in [0.15, 0.2) is 0 Å². The molecule has 2 rings (SSSR count). The molecule has 0 saturated heterocycles. The largest absolute Gasteiger partial charge is 0.381 e. The van der Waals surface area contributed by atoms with Crippen molar-refractivity contribution in [2.45, 2.75) is 6.54 Å². The summed E-state index contributed by atoms with van der Waals surface area (Å²) in [6.45, 7) is 0.363. The van der Waals surface area contributed by atoms with Crippen LogP contribution >= 0.6 is 22.6 Å². The number of hydrogen-bond donors (Lipinski definition) is 1. The number of nitriles is 1. The molecule has 0 heterocycles. The zero-order chi connectivity index (χ0) is 13.0. The third-order valence-corrected chi connectivity index (χ3v) is 3.15. The Bertz CT molecular complexity index is 605. The molecule has 0 spiro atoms. The van der Waals surface area contributed by atoms with Gasteiger partial charge >= 0.3 is 0 Å². The van der Waals surface area contributed by atoms with E-state index in [1.165, 1.54) is 12.1 Å². The van der Waals surface area contributed by atoms with Gasteiger partial charge in [-0.25, -0.2) is 4.39 Å². The summed E-state index contributed by atoms with van der Waals surface area (Å²) < 4.78 is 14.7. The minimum Gasteiger partial charge on any atom is -0.381 e. The van der Waals surface area contributed by atoms with Crippen molar-refractivity contribution >= 4 is 28.3 Å². The molecule has 18 heavy (non-hydrogen) atoms. The van der Waals surface area contributed by atoms with Gasteiger partial charge in [-0.05, 0) is 59.0 Å². The number of hydrogen-bond acceptors (Lipinski definition) is 2. The van der Waals surface area contributed by atoms with E-state index in [-0.39, 0.29) is 5.82 Å². The van der Waals surface area contributed by atoms with Crippen LogP contribution in [-0.2, 0) is 6.54 Å². The number of nitrogens with zero attached hydrogens (tertiary/aromatic N) is 1. The van der Waals surface area contributed by atoms with Crippen molar-refractivity contribution in [3.05, 3.63) is 63.0 Å². The summed E-state index contributed by atoms with van der Waals surface area (Å²) in [7, 11) is 0. The Labute approximate surface area is 119 Å². The molecule has 2 aromatic carbocycles. The van der Waals surface area contributed by atoms with Crippen LogP contribution in [0.2, 0.25) is 0 Å². The first kappa shape index (κ1) is 12.8. The van der Waals surface area contributed by atoms with E-state index in [1.807, 2.05) is 30.3 Å². The first-order valence-corrected chi connectivity index (χ1v) is 6.45. The number of anilines is 1. The number of halogens is 2. The van der Waals surface area contributed by atoms with Crippen LogP contribution in [0.15, 0.2) is 42.5 Å².